The molecule has 0 atom stereocenters. The van der Waals surface area contributed by atoms with E-state index in [4.69, 9.17) is 8.83 Å². The fourth-order valence-corrected chi connectivity index (χ4v) is 2.30. The molecule has 25 heavy (non-hydrogen) atoms. The largest absolute Gasteiger partial charge is 0.459 e. The number of hydrogen-bond acceptors (Lipinski definition) is 5. The summed E-state index contributed by atoms with van der Waals surface area (Å²) in [7, 11) is 0. The van der Waals surface area contributed by atoms with Crippen molar-refractivity contribution in [1.29, 1.82) is 0 Å². The number of carbonyl (C=O) groups is 1. The number of amides is 1. The molecule has 0 saturated carbocycles. The lowest BCUT2D eigenvalue weighted by Crippen LogP contribution is -2.25. The SMILES string of the molecule is CC(C)(C)c1ccc(NC(=O)Cn2nc(-c3ccco3)oc2=O)cc1. The van der Waals surface area contributed by atoms with Crippen LogP contribution in [0.15, 0.2) is 56.3 Å². The molecule has 0 bridgehead atoms. The summed E-state index contributed by atoms with van der Waals surface area (Å²) in [6.07, 6.45) is 1.45. The van der Waals surface area contributed by atoms with Crippen molar-refractivity contribution in [2.24, 2.45) is 0 Å². The number of nitrogens with one attached hydrogen (secondary N) is 1. The van der Waals surface area contributed by atoms with E-state index in [-0.39, 0.29) is 23.8 Å². The van der Waals surface area contributed by atoms with Crippen LogP contribution in [0, 0.1) is 0 Å². The predicted octanol–water partition coefficient (Wildman–Crippen LogP) is 3.03. The lowest BCUT2D eigenvalue weighted by atomic mass is 9.87. The molecule has 2 heterocycles. The topological polar surface area (TPSA) is 90.3 Å². The minimum Gasteiger partial charge on any atom is -0.459 e. The van der Waals surface area contributed by atoms with Crippen LogP contribution in [-0.2, 0) is 16.8 Å². The van der Waals surface area contributed by atoms with Crippen molar-refractivity contribution in [3.8, 4) is 11.7 Å². The van der Waals surface area contributed by atoms with E-state index in [0.717, 1.165) is 4.68 Å². The first-order valence-corrected chi connectivity index (χ1v) is 7.85. The first-order valence-electron chi connectivity index (χ1n) is 7.85. The van der Waals surface area contributed by atoms with Gasteiger partial charge in [0.15, 0.2) is 5.76 Å². The van der Waals surface area contributed by atoms with Gasteiger partial charge in [0.2, 0.25) is 5.91 Å². The zero-order valence-electron chi connectivity index (χ0n) is 14.3. The number of hydrogen-bond donors (Lipinski definition) is 1. The molecule has 0 aliphatic rings. The Kier molecular flexibility index (Phi) is 4.31. The van der Waals surface area contributed by atoms with Crippen molar-refractivity contribution in [3.05, 3.63) is 58.8 Å². The van der Waals surface area contributed by atoms with Crippen LogP contribution < -0.4 is 11.1 Å². The Morgan fingerprint density at radius 2 is 1.92 bits per heavy atom. The maximum Gasteiger partial charge on any atom is 0.437 e. The standard InChI is InChI=1S/C18H19N3O4/c1-18(2,3)12-6-8-13(9-7-12)19-15(22)11-21-17(23)25-16(20-21)14-5-4-10-24-14/h4-10H,11H2,1-3H3,(H,19,22). The van der Waals surface area contributed by atoms with Gasteiger partial charge in [0.1, 0.15) is 6.54 Å². The van der Waals surface area contributed by atoms with Gasteiger partial charge in [-0.05, 0) is 35.2 Å². The lowest BCUT2D eigenvalue weighted by molar-refractivity contribution is -0.117. The molecule has 0 spiro atoms. The van der Waals surface area contributed by atoms with Gasteiger partial charge >= 0.3 is 5.76 Å². The number of benzene rings is 1. The zero-order chi connectivity index (χ0) is 18.0. The van der Waals surface area contributed by atoms with Gasteiger partial charge in [-0.25, -0.2) is 4.79 Å². The number of aromatic nitrogens is 2. The van der Waals surface area contributed by atoms with E-state index in [1.165, 1.54) is 11.8 Å². The second-order valence-electron chi connectivity index (χ2n) is 6.68. The van der Waals surface area contributed by atoms with E-state index in [9.17, 15) is 9.59 Å². The van der Waals surface area contributed by atoms with Gasteiger partial charge < -0.3 is 14.2 Å². The maximum absolute atomic E-state index is 12.1. The van der Waals surface area contributed by atoms with Crippen LogP contribution in [0.2, 0.25) is 0 Å². The Balaban J connectivity index is 1.68. The summed E-state index contributed by atoms with van der Waals surface area (Å²) >= 11 is 0. The molecule has 3 rings (SSSR count). The van der Waals surface area contributed by atoms with Crippen LogP contribution in [-0.4, -0.2) is 15.7 Å². The van der Waals surface area contributed by atoms with Gasteiger partial charge in [-0.3, -0.25) is 4.79 Å². The Morgan fingerprint density at radius 1 is 1.20 bits per heavy atom. The summed E-state index contributed by atoms with van der Waals surface area (Å²) < 4.78 is 11.1. The Hall–Kier alpha value is -3.09. The van der Waals surface area contributed by atoms with E-state index in [1.54, 1.807) is 12.1 Å². The summed E-state index contributed by atoms with van der Waals surface area (Å²) in [5.74, 6) is -0.721. The monoisotopic (exact) mass is 341 g/mol. The van der Waals surface area contributed by atoms with Crippen molar-refractivity contribution < 1.29 is 13.6 Å². The number of rotatable bonds is 4. The average Bonchev–Trinajstić information content (AvgIpc) is 3.17. The Bertz CT molecular complexity index is 913. The highest BCUT2D eigenvalue weighted by Crippen LogP contribution is 2.23. The first-order chi connectivity index (χ1) is 11.8. The fraction of sp³-hybridized carbons (Fsp3) is 0.278. The predicted molar refractivity (Wildman–Crippen MR) is 92.2 cm³/mol. The highest BCUT2D eigenvalue weighted by molar-refractivity contribution is 5.90. The molecule has 1 aromatic carbocycles. The molecule has 0 aliphatic heterocycles. The molecule has 0 radical (unpaired) electrons. The van der Waals surface area contributed by atoms with Crippen molar-refractivity contribution in [2.45, 2.75) is 32.7 Å². The Labute approximate surface area is 144 Å². The quantitative estimate of drug-likeness (QED) is 0.788. The van der Waals surface area contributed by atoms with Crippen molar-refractivity contribution in [3.63, 3.8) is 0 Å². The van der Waals surface area contributed by atoms with Gasteiger partial charge in [-0.2, -0.15) is 4.68 Å². The van der Waals surface area contributed by atoms with Gasteiger partial charge in [0.05, 0.1) is 6.26 Å². The second-order valence-corrected chi connectivity index (χ2v) is 6.68. The Morgan fingerprint density at radius 3 is 2.52 bits per heavy atom. The second kappa shape index (κ2) is 6.43. The lowest BCUT2D eigenvalue weighted by Gasteiger charge is -2.19. The third-order valence-corrected chi connectivity index (χ3v) is 3.67. The van der Waals surface area contributed by atoms with Crippen molar-refractivity contribution >= 4 is 11.6 Å². The van der Waals surface area contributed by atoms with Crippen LogP contribution in [0.4, 0.5) is 5.69 Å². The van der Waals surface area contributed by atoms with E-state index in [1.807, 2.05) is 24.3 Å². The van der Waals surface area contributed by atoms with E-state index in [2.05, 4.69) is 31.2 Å². The van der Waals surface area contributed by atoms with Crippen LogP contribution >= 0.6 is 0 Å². The molecule has 0 unspecified atom stereocenters. The summed E-state index contributed by atoms with van der Waals surface area (Å²) in [5.41, 5.74) is 1.86. The first kappa shape index (κ1) is 16.8. The number of nitrogens with zero attached hydrogens (tertiary/aromatic N) is 2. The molecule has 0 saturated heterocycles. The molecule has 2 aromatic heterocycles. The summed E-state index contributed by atoms with van der Waals surface area (Å²) in [6, 6.07) is 10.9. The third-order valence-electron chi connectivity index (χ3n) is 3.67. The van der Waals surface area contributed by atoms with Crippen LogP contribution in [0.1, 0.15) is 26.3 Å². The zero-order valence-corrected chi connectivity index (χ0v) is 14.3. The van der Waals surface area contributed by atoms with E-state index in [0.29, 0.717) is 11.4 Å². The minimum absolute atomic E-state index is 0.0392. The summed E-state index contributed by atoms with van der Waals surface area (Å²) in [6.45, 7) is 6.11. The summed E-state index contributed by atoms with van der Waals surface area (Å²) in [5, 5.41) is 6.70. The smallest absolute Gasteiger partial charge is 0.437 e. The minimum atomic E-state index is -0.718. The molecule has 7 nitrogen and oxygen atoms in total. The number of furan rings is 1. The molecule has 1 amide bonds. The van der Waals surface area contributed by atoms with Crippen molar-refractivity contribution in [1.82, 2.24) is 9.78 Å². The normalized spacial score (nSPS) is 11.5. The van der Waals surface area contributed by atoms with Gasteiger partial charge in [-0.1, -0.05) is 32.9 Å². The fourth-order valence-electron chi connectivity index (χ4n) is 2.30. The van der Waals surface area contributed by atoms with Gasteiger partial charge in [-0.15, -0.1) is 5.10 Å². The molecule has 7 heteroatoms. The number of carbonyl (C=O) groups excluding carboxylic acids is 1. The van der Waals surface area contributed by atoms with Crippen molar-refractivity contribution in [2.75, 3.05) is 5.32 Å². The molecule has 0 aliphatic carbocycles. The third kappa shape index (κ3) is 3.88. The van der Waals surface area contributed by atoms with Gasteiger partial charge in [0, 0.05) is 5.69 Å². The molecular weight excluding hydrogens is 322 g/mol. The molecule has 0 fully saturated rings. The summed E-state index contributed by atoms with van der Waals surface area (Å²) in [4.78, 5) is 23.9. The van der Waals surface area contributed by atoms with E-state index >= 15 is 0 Å². The highest BCUT2D eigenvalue weighted by atomic mass is 16.4. The van der Waals surface area contributed by atoms with Crippen LogP contribution in [0.5, 0.6) is 0 Å². The van der Waals surface area contributed by atoms with E-state index < -0.39 is 5.76 Å². The number of anilines is 1. The molecule has 1 N–H and O–H groups in total. The highest BCUT2D eigenvalue weighted by Gasteiger charge is 2.16. The van der Waals surface area contributed by atoms with Crippen LogP contribution in [0.25, 0.3) is 11.7 Å². The van der Waals surface area contributed by atoms with Gasteiger partial charge in [0.25, 0.3) is 5.89 Å². The average molecular weight is 341 g/mol. The molecule has 3 aromatic rings. The maximum atomic E-state index is 12.1. The molecular formula is C18H19N3O4. The van der Waals surface area contributed by atoms with Crippen LogP contribution in [0.3, 0.4) is 0 Å². The molecule has 130 valence electrons.